The molecule has 0 heterocycles. The maximum absolute atomic E-state index is 5.50. The number of nitrogens with zero attached hydrogens (tertiary/aromatic N) is 1. The summed E-state index contributed by atoms with van der Waals surface area (Å²) >= 11 is 0. The standard InChI is InChI=1S/C17H36N2O/c1-14(2)10-18-11-17(13-20-5)19(12-15(3)4)16-8-6-7-9-16/h14-18H,6-13H2,1-5H3. The molecular formula is C17H36N2O. The molecule has 1 N–H and O–H groups in total. The van der Waals surface area contributed by atoms with Gasteiger partial charge >= 0.3 is 0 Å². The number of hydrogen-bond acceptors (Lipinski definition) is 3. The molecule has 1 atom stereocenters. The molecule has 1 saturated carbocycles. The average Bonchev–Trinajstić information content (AvgIpc) is 2.88. The molecule has 1 aliphatic rings. The van der Waals surface area contributed by atoms with Crippen molar-refractivity contribution in [1.29, 1.82) is 0 Å². The molecule has 120 valence electrons. The van der Waals surface area contributed by atoms with E-state index in [1.165, 1.54) is 32.2 Å². The number of methoxy groups -OCH3 is 1. The third-order valence-electron chi connectivity index (χ3n) is 4.13. The van der Waals surface area contributed by atoms with Crippen LogP contribution in [-0.4, -0.2) is 50.3 Å². The average molecular weight is 284 g/mol. The summed E-state index contributed by atoms with van der Waals surface area (Å²) in [6.45, 7) is 13.4. The van der Waals surface area contributed by atoms with Crippen LogP contribution in [0.1, 0.15) is 53.4 Å². The Balaban J connectivity index is 2.59. The molecule has 0 aromatic rings. The SMILES string of the molecule is COCC(CNCC(C)C)N(CC(C)C)C1CCCC1. The molecule has 1 unspecified atom stereocenters. The van der Waals surface area contributed by atoms with E-state index in [4.69, 9.17) is 4.74 Å². The van der Waals surface area contributed by atoms with Crippen molar-refractivity contribution < 1.29 is 4.74 Å². The lowest BCUT2D eigenvalue weighted by atomic mass is 10.1. The minimum absolute atomic E-state index is 0.518. The summed E-state index contributed by atoms with van der Waals surface area (Å²) in [5, 5.41) is 3.63. The molecule has 3 heteroatoms. The maximum atomic E-state index is 5.50. The van der Waals surface area contributed by atoms with Gasteiger partial charge in [-0.3, -0.25) is 4.90 Å². The minimum Gasteiger partial charge on any atom is -0.383 e. The van der Waals surface area contributed by atoms with Crippen LogP contribution >= 0.6 is 0 Å². The lowest BCUT2D eigenvalue weighted by Crippen LogP contribution is -2.51. The molecule has 0 radical (unpaired) electrons. The molecule has 20 heavy (non-hydrogen) atoms. The van der Waals surface area contributed by atoms with E-state index in [1.807, 2.05) is 7.11 Å². The van der Waals surface area contributed by atoms with Crippen LogP contribution < -0.4 is 5.32 Å². The molecule has 0 spiro atoms. The van der Waals surface area contributed by atoms with Gasteiger partial charge in [-0.1, -0.05) is 40.5 Å². The number of rotatable bonds is 10. The maximum Gasteiger partial charge on any atom is 0.0630 e. The van der Waals surface area contributed by atoms with Gasteiger partial charge in [-0.15, -0.1) is 0 Å². The molecule has 0 saturated heterocycles. The number of ether oxygens (including phenoxy) is 1. The van der Waals surface area contributed by atoms with Crippen molar-refractivity contribution in [3.63, 3.8) is 0 Å². The van der Waals surface area contributed by atoms with E-state index in [-0.39, 0.29) is 0 Å². The molecule has 1 fully saturated rings. The van der Waals surface area contributed by atoms with Gasteiger partial charge in [0, 0.05) is 32.3 Å². The van der Waals surface area contributed by atoms with Gasteiger partial charge in [0.2, 0.25) is 0 Å². The highest BCUT2D eigenvalue weighted by atomic mass is 16.5. The molecule has 1 rings (SSSR count). The fraction of sp³-hybridized carbons (Fsp3) is 1.00. The fourth-order valence-corrected chi connectivity index (χ4v) is 3.26. The molecule has 0 aromatic carbocycles. The summed E-state index contributed by atoms with van der Waals surface area (Å²) < 4.78 is 5.50. The van der Waals surface area contributed by atoms with Gasteiger partial charge in [-0.25, -0.2) is 0 Å². The van der Waals surface area contributed by atoms with Crippen LogP contribution in [0.25, 0.3) is 0 Å². The molecule has 0 aromatic heterocycles. The Labute approximate surface area is 126 Å². The lowest BCUT2D eigenvalue weighted by molar-refractivity contribution is 0.0524. The predicted octanol–water partition coefficient (Wildman–Crippen LogP) is 3.15. The first-order valence-electron chi connectivity index (χ1n) is 8.50. The van der Waals surface area contributed by atoms with Crippen LogP contribution in [0, 0.1) is 11.8 Å². The van der Waals surface area contributed by atoms with E-state index in [2.05, 4.69) is 37.9 Å². The zero-order valence-electron chi connectivity index (χ0n) is 14.3. The Hall–Kier alpha value is -0.120. The van der Waals surface area contributed by atoms with Crippen LogP contribution in [0.4, 0.5) is 0 Å². The second-order valence-corrected chi connectivity index (χ2v) is 7.19. The van der Waals surface area contributed by atoms with Crippen molar-refractivity contribution in [2.45, 2.75) is 65.5 Å². The summed E-state index contributed by atoms with van der Waals surface area (Å²) in [5.41, 5.74) is 0. The smallest absolute Gasteiger partial charge is 0.0630 e. The monoisotopic (exact) mass is 284 g/mol. The summed E-state index contributed by atoms with van der Waals surface area (Å²) in [6, 6.07) is 1.29. The zero-order valence-corrected chi connectivity index (χ0v) is 14.3. The van der Waals surface area contributed by atoms with Crippen molar-refractivity contribution in [2.24, 2.45) is 11.8 Å². The van der Waals surface area contributed by atoms with Gasteiger partial charge in [0.1, 0.15) is 0 Å². The van der Waals surface area contributed by atoms with Crippen molar-refractivity contribution in [2.75, 3.05) is 33.4 Å². The summed E-state index contributed by atoms with van der Waals surface area (Å²) in [5.74, 6) is 1.43. The highest BCUT2D eigenvalue weighted by molar-refractivity contribution is 4.85. The van der Waals surface area contributed by atoms with Gasteiger partial charge in [0.15, 0.2) is 0 Å². The van der Waals surface area contributed by atoms with Crippen molar-refractivity contribution in [3.8, 4) is 0 Å². The van der Waals surface area contributed by atoms with Gasteiger partial charge in [0.25, 0.3) is 0 Å². The third-order valence-corrected chi connectivity index (χ3v) is 4.13. The molecule has 0 bridgehead atoms. The Morgan fingerprint density at radius 1 is 1.05 bits per heavy atom. The highest BCUT2D eigenvalue weighted by Crippen LogP contribution is 2.26. The zero-order chi connectivity index (χ0) is 15.0. The quantitative estimate of drug-likeness (QED) is 0.667. The second kappa shape index (κ2) is 9.75. The van der Waals surface area contributed by atoms with E-state index in [0.717, 1.165) is 31.7 Å². The van der Waals surface area contributed by atoms with Crippen LogP contribution in [0.15, 0.2) is 0 Å². The normalized spacial score (nSPS) is 18.6. The first-order chi connectivity index (χ1) is 9.54. The topological polar surface area (TPSA) is 24.5 Å². The van der Waals surface area contributed by atoms with E-state index >= 15 is 0 Å². The first-order valence-corrected chi connectivity index (χ1v) is 8.50. The van der Waals surface area contributed by atoms with Crippen LogP contribution in [0.5, 0.6) is 0 Å². The Kier molecular flexibility index (Phi) is 8.74. The lowest BCUT2D eigenvalue weighted by Gasteiger charge is -2.37. The van der Waals surface area contributed by atoms with Crippen molar-refractivity contribution in [1.82, 2.24) is 10.2 Å². The van der Waals surface area contributed by atoms with Crippen LogP contribution in [0.3, 0.4) is 0 Å². The van der Waals surface area contributed by atoms with E-state index in [0.29, 0.717) is 12.0 Å². The molecular weight excluding hydrogens is 248 g/mol. The Bertz CT molecular complexity index is 237. The van der Waals surface area contributed by atoms with E-state index in [9.17, 15) is 0 Å². The highest BCUT2D eigenvalue weighted by Gasteiger charge is 2.28. The molecule has 0 amide bonds. The minimum atomic E-state index is 0.518. The number of hydrogen-bond donors (Lipinski definition) is 1. The van der Waals surface area contributed by atoms with Gasteiger partial charge in [-0.05, 0) is 31.2 Å². The largest absolute Gasteiger partial charge is 0.383 e. The molecule has 3 nitrogen and oxygen atoms in total. The Morgan fingerprint density at radius 2 is 1.70 bits per heavy atom. The third kappa shape index (κ3) is 6.55. The fourth-order valence-electron chi connectivity index (χ4n) is 3.26. The number of nitrogens with one attached hydrogen (secondary N) is 1. The van der Waals surface area contributed by atoms with E-state index in [1.54, 1.807) is 0 Å². The summed E-state index contributed by atoms with van der Waals surface area (Å²) in [7, 11) is 1.83. The predicted molar refractivity (Wildman–Crippen MR) is 87.2 cm³/mol. The van der Waals surface area contributed by atoms with Crippen LogP contribution in [0.2, 0.25) is 0 Å². The van der Waals surface area contributed by atoms with Crippen molar-refractivity contribution in [3.05, 3.63) is 0 Å². The molecule has 1 aliphatic carbocycles. The van der Waals surface area contributed by atoms with Crippen molar-refractivity contribution >= 4 is 0 Å². The summed E-state index contributed by atoms with van der Waals surface area (Å²) in [4.78, 5) is 2.73. The Morgan fingerprint density at radius 3 is 2.20 bits per heavy atom. The summed E-state index contributed by atoms with van der Waals surface area (Å²) in [6.07, 6.45) is 5.55. The van der Waals surface area contributed by atoms with Gasteiger partial charge in [0.05, 0.1) is 6.61 Å². The van der Waals surface area contributed by atoms with Gasteiger partial charge in [-0.2, -0.15) is 0 Å². The molecule has 0 aliphatic heterocycles. The van der Waals surface area contributed by atoms with E-state index < -0.39 is 0 Å². The first kappa shape index (κ1) is 17.9. The second-order valence-electron chi connectivity index (χ2n) is 7.19. The van der Waals surface area contributed by atoms with Gasteiger partial charge < -0.3 is 10.1 Å². The van der Waals surface area contributed by atoms with Crippen LogP contribution in [-0.2, 0) is 4.74 Å².